The molecule has 0 bridgehead atoms. The zero-order valence-electron chi connectivity index (χ0n) is 28.1. The minimum atomic E-state index is 0.430. The minimum absolute atomic E-state index is 0.430. The Bertz CT molecular complexity index is 3230. The average Bonchev–Trinajstić information content (AvgIpc) is 3.90. The van der Waals surface area contributed by atoms with Gasteiger partial charge >= 0.3 is 0 Å². The Hall–Kier alpha value is -7.49. The first-order chi connectivity index (χ1) is 26.3. The smallest absolute Gasteiger partial charge is 0.161 e. The van der Waals surface area contributed by atoms with Gasteiger partial charge < -0.3 is 13.4 Å². The van der Waals surface area contributed by atoms with Crippen LogP contribution in [0.1, 0.15) is 5.56 Å². The third-order valence-corrected chi connectivity index (χ3v) is 10.3. The summed E-state index contributed by atoms with van der Waals surface area (Å²) in [4.78, 5) is 10.3. The molecule has 0 atom stereocenters. The molecule has 0 aliphatic heterocycles. The van der Waals surface area contributed by atoms with E-state index in [1.807, 2.05) is 91.0 Å². The Kier molecular flexibility index (Phi) is 6.22. The van der Waals surface area contributed by atoms with Crippen molar-refractivity contribution in [3.05, 3.63) is 163 Å². The van der Waals surface area contributed by atoms with E-state index in [9.17, 15) is 5.26 Å². The lowest BCUT2D eigenvalue weighted by Gasteiger charge is -2.14. The van der Waals surface area contributed by atoms with Crippen LogP contribution < -0.4 is 0 Å². The topological polar surface area (TPSA) is 80.8 Å². The van der Waals surface area contributed by atoms with Gasteiger partial charge in [0.15, 0.2) is 11.4 Å². The molecule has 0 unspecified atom stereocenters. The lowest BCUT2D eigenvalue weighted by molar-refractivity contribution is 0.666. The average molecular weight is 679 g/mol. The van der Waals surface area contributed by atoms with Crippen LogP contribution in [-0.4, -0.2) is 14.5 Å². The molecule has 4 heterocycles. The van der Waals surface area contributed by atoms with Crippen molar-refractivity contribution in [2.45, 2.75) is 0 Å². The first-order valence-corrected chi connectivity index (χ1v) is 17.5. The number of nitrogens with zero attached hydrogens (tertiary/aromatic N) is 4. The van der Waals surface area contributed by atoms with Crippen molar-refractivity contribution in [1.29, 1.82) is 5.26 Å². The summed E-state index contributed by atoms with van der Waals surface area (Å²) >= 11 is 0. The molecule has 0 spiro atoms. The van der Waals surface area contributed by atoms with Crippen LogP contribution in [0, 0.1) is 11.3 Å². The highest BCUT2D eigenvalue weighted by molar-refractivity contribution is 6.28. The molecule has 11 rings (SSSR count). The highest BCUT2D eigenvalue weighted by Gasteiger charge is 2.25. The second-order valence-electron chi connectivity index (χ2n) is 13.2. The quantitative estimate of drug-likeness (QED) is 0.185. The standard InChI is InChI=1S/C47H26N4O2/c48-27-34-44(28-13-3-1-4-14-28)49-47(50-45(34)29-15-5-2-6-16-29)33-23-24-37(46-41(33)31-18-8-12-22-39(31)53-46)51-35-20-10-7-17-30(35)42-36(51)25-26-40-43(42)32-19-9-11-21-38(32)52-40/h1-26H. The van der Waals surface area contributed by atoms with E-state index in [0.29, 0.717) is 22.8 Å². The van der Waals surface area contributed by atoms with Gasteiger partial charge in [0.1, 0.15) is 28.4 Å². The molecule has 11 aromatic rings. The molecule has 0 N–H and O–H groups in total. The molecule has 0 saturated carbocycles. The Balaban J connectivity index is 1.25. The highest BCUT2D eigenvalue weighted by atomic mass is 16.3. The van der Waals surface area contributed by atoms with Crippen LogP contribution in [0.25, 0.3) is 105 Å². The fourth-order valence-corrected chi connectivity index (χ4v) is 8.01. The predicted octanol–water partition coefficient (Wildman–Crippen LogP) is 12.2. The molecule has 6 nitrogen and oxygen atoms in total. The lowest BCUT2D eigenvalue weighted by Crippen LogP contribution is -2.02. The monoisotopic (exact) mass is 678 g/mol. The van der Waals surface area contributed by atoms with Gasteiger partial charge in [-0.1, -0.05) is 115 Å². The van der Waals surface area contributed by atoms with Gasteiger partial charge in [0.2, 0.25) is 0 Å². The Morgan fingerprint density at radius 3 is 1.74 bits per heavy atom. The van der Waals surface area contributed by atoms with E-state index < -0.39 is 0 Å². The van der Waals surface area contributed by atoms with Crippen molar-refractivity contribution in [3.8, 4) is 45.7 Å². The fourth-order valence-electron chi connectivity index (χ4n) is 8.01. The highest BCUT2D eigenvalue weighted by Crippen LogP contribution is 2.45. The molecule has 0 aliphatic carbocycles. The van der Waals surface area contributed by atoms with Crippen molar-refractivity contribution >= 4 is 65.7 Å². The Morgan fingerprint density at radius 2 is 1.06 bits per heavy atom. The van der Waals surface area contributed by atoms with E-state index in [0.717, 1.165) is 88.1 Å². The minimum Gasteiger partial charge on any atom is -0.456 e. The molecule has 53 heavy (non-hydrogen) atoms. The van der Waals surface area contributed by atoms with E-state index in [2.05, 4.69) is 77.4 Å². The van der Waals surface area contributed by atoms with Gasteiger partial charge in [0.05, 0.1) is 28.1 Å². The van der Waals surface area contributed by atoms with Gasteiger partial charge in [0.25, 0.3) is 0 Å². The zero-order valence-corrected chi connectivity index (χ0v) is 28.1. The molecule has 4 aromatic heterocycles. The molecular formula is C47H26N4O2. The molecule has 6 heteroatoms. The largest absolute Gasteiger partial charge is 0.456 e. The number of aromatic nitrogens is 3. The van der Waals surface area contributed by atoms with Gasteiger partial charge in [-0.25, -0.2) is 9.97 Å². The summed E-state index contributed by atoms with van der Waals surface area (Å²) in [6.45, 7) is 0. The molecule has 0 amide bonds. The molecule has 246 valence electrons. The number of nitriles is 1. The third kappa shape index (κ3) is 4.25. The number of hydrogen-bond donors (Lipinski definition) is 0. The van der Waals surface area contributed by atoms with Crippen LogP contribution in [0.2, 0.25) is 0 Å². The number of hydrogen-bond acceptors (Lipinski definition) is 5. The first kappa shape index (κ1) is 29.3. The van der Waals surface area contributed by atoms with Crippen molar-refractivity contribution in [1.82, 2.24) is 14.5 Å². The maximum atomic E-state index is 10.5. The van der Waals surface area contributed by atoms with E-state index >= 15 is 0 Å². The van der Waals surface area contributed by atoms with Crippen molar-refractivity contribution in [2.75, 3.05) is 0 Å². The Labute approximate surface area is 302 Å². The maximum Gasteiger partial charge on any atom is 0.161 e. The summed E-state index contributed by atoms with van der Waals surface area (Å²) < 4.78 is 15.5. The Morgan fingerprint density at radius 1 is 0.472 bits per heavy atom. The van der Waals surface area contributed by atoms with Crippen LogP contribution in [0.5, 0.6) is 0 Å². The second-order valence-corrected chi connectivity index (χ2v) is 13.2. The van der Waals surface area contributed by atoms with Gasteiger partial charge in [-0.15, -0.1) is 0 Å². The summed E-state index contributed by atoms with van der Waals surface area (Å²) in [6, 6.07) is 55.4. The van der Waals surface area contributed by atoms with Gasteiger partial charge in [-0.3, -0.25) is 0 Å². The summed E-state index contributed by atoms with van der Waals surface area (Å²) in [5.41, 5.74) is 10.3. The number of fused-ring (bicyclic) bond motifs is 10. The third-order valence-electron chi connectivity index (χ3n) is 10.3. The normalized spacial score (nSPS) is 11.8. The molecular weight excluding hydrogens is 653 g/mol. The van der Waals surface area contributed by atoms with Gasteiger partial charge in [0, 0.05) is 49.0 Å². The van der Waals surface area contributed by atoms with Crippen LogP contribution in [-0.2, 0) is 0 Å². The molecule has 0 fully saturated rings. The summed E-state index contributed by atoms with van der Waals surface area (Å²) in [5, 5.41) is 16.8. The van der Waals surface area contributed by atoms with Crippen LogP contribution in [0.15, 0.2) is 167 Å². The summed E-state index contributed by atoms with van der Waals surface area (Å²) in [6.07, 6.45) is 0. The molecule has 0 aliphatic rings. The predicted molar refractivity (Wildman–Crippen MR) is 212 cm³/mol. The van der Waals surface area contributed by atoms with Crippen LogP contribution in [0.4, 0.5) is 0 Å². The fraction of sp³-hybridized carbons (Fsp3) is 0. The van der Waals surface area contributed by atoms with Crippen LogP contribution in [0.3, 0.4) is 0 Å². The number of para-hydroxylation sites is 3. The number of rotatable bonds is 4. The maximum absolute atomic E-state index is 10.5. The van der Waals surface area contributed by atoms with Gasteiger partial charge in [-0.05, 0) is 42.5 Å². The van der Waals surface area contributed by atoms with Gasteiger partial charge in [-0.2, -0.15) is 5.26 Å². The summed E-state index contributed by atoms with van der Waals surface area (Å²) in [5.74, 6) is 0.513. The lowest BCUT2D eigenvalue weighted by atomic mass is 9.99. The first-order valence-electron chi connectivity index (χ1n) is 17.5. The second kappa shape index (κ2) is 11.3. The van der Waals surface area contributed by atoms with Crippen molar-refractivity contribution in [3.63, 3.8) is 0 Å². The van der Waals surface area contributed by atoms with E-state index in [4.69, 9.17) is 18.8 Å². The van der Waals surface area contributed by atoms with Crippen molar-refractivity contribution in [2.24, 2.45) is 0 Å². The molecule has 7 aromatic carbocycles. The summed E-state index contributed by atoms with van der Waals surface area (Å²) in [7, 11) is 0. The zero-order chi connectivity index (χ0) is 35.0. The number of benzene rings is 7. The van der Waals surface area contributed by atoms with Crippen LogP contribution >= 0.6 is 0 Å². The SMILES string of the molecule is N#Cc1c(-c2ccccc2)nc(-c2ccc(-n3c4ccccc4c4c5c(ccc43)oc3ccccc35)c3oc4ccccc4c23)nc1-c1ccccc1. The molecule has 0 saturated heterocycles. The molecule has 0 radical (unpaired) electrons. The number of furan rings is 2. The van der Waals surface area contributed by atoms with E-state index in [-0.39, 0.29) is 0 Å². The van der Waals surface area contributed by atoms with Crippen molar-refractivity contribution < 1.29 is 8.83 Å². The van der Waals surface area contributed by atoms with E-state index in [1.165, 1.54) is 0 Å². The van der Waals surface area contributed by atoms with E-state index in [1.54, 1.807) is 0 Å².